The third-order valence-corrected chi connectivity index (χ3v) is 5.52. The summed E-state index contributed by atoms with van der Waals surface area (Å²) in [5.41, 5.74) is 7.32. The second kappa shape index (κ2) is 5.43. The fraction of sp³-hybridized carbons (Fsp3) is 0.474. The normalized spacial score (nSPS) is 29.1. The van der Waals surface area contributed by atoms with Crippen LogP contribution in [-0.4, -0.2) is 30.1 Å². The second-order valence-electron chi connectivity index (χ2n) is 6.69. The maximum absolute atomic E-state index is 5.78. The van der Waals surface area contributed by atoms with Crippen molar-refractivity contribution in [1.82, 2.24) is 4.90 Å². The molecule has 2 bridgehead atoms. The van der Waals surface area contributed by atoms with Crippen molar-refractivity contribution in [3.63, 3.8) is 0 Å². The van der Waals surface area contributed by atoms with E-state index in [-0.39, 0.29) is 0 Å². The maximum Gasteiger partial charge on any atom is 0.0110 e. The summed E-state index contributed by atoms with van der Waals surface area (Å²) < 4.78 is 0. The Balaban J connectivity index is 1.59. The molecule has 2 heterocycles. The van der Waals surface area contributed by atoms with Gasteiger partial charge in [-0.2, -0.15) is 0 Å². The number of piperidine rings is 1. The fourth-order valence-electron chi connectivity index (χ4n) is 4.52. The van der Waals surface area contributed by atoms with Crippen LogP contribution in [0.4, 0.5) is 0 Å². The smallest absolute Gasteiger partial charge is 0.0110 e. The molecular formula is C19H24N2. The Bertz CT molecular complexity index is 622. The van der Waals surface area contributed by atoms with Crippen molar-refractivity contribution >= 4 is 10.8 Å². The molecule has 0 amide bonds. The average molecular weight is 280 g/mol. The lowest BCUT2D eigenvalue weighted by Gasteiger charge is -2.39. The van der Waals surface area contributed by atoms with Crippen LogP contribution < -0.4 is 5.73 Å². The largest absolute Gasteiger partial charge is 0.329 e. The standard InChI is InChI=1S/C19H24N2/c20-9-10-21-18-7-8-19(21)13-17(12-18)16-6-5-14-3-1-2-4-15(14)11-16/h1-6,11,17-19H,7-10,12-13,20H2. The van der Waals surface area contributed by atoms with Crippen LogP contribution in [0.1, 0.15) is 37.2 Å². The first-order valence-corrected chi connectivity index (χ1v) is 8.29. The molecule has 2 atom stereocenters. The monoisotopic (exact) mass is 280 g/mol. The lowest BCUT2D eigenvalue weighted by molar-refractivity contribution is 0.131. The van der Waals surface area contributed by atoms with E-state index >= 15 is 0 Å². The zero-order chi connectivity index (χ0) is 14.2. The van der Waals surface area contributed by atoms with E-state index < -0.39 is 0 Å². The number of hydrogen-bond acceptors (Lipinski definition) is 2. The molecule has 0 radical (unpaired) electrons. The molecule has 0 spiro atoms. The van der Waals surface area contributed by atoms with Gasteiger partial charge in [0.15, 0.2) is 0 Å². The highest BCUT2D eigenvalue weighted by Gasteiger charge is 2.40. The average Bonchev–Trinajstić information content (AvgIpc) is 2.76. The van der Waals surface area contributed by atoms with Gasteiger partial charge in [0.1, 0.15) is 0 Å². The van der Waals surface area contributed by atoms with Crippen molar-refractivity contribution in [2.24, 2.45) is 5.73 Å². The zero-order valence-electron chi connectivity index (χ0n) is 12.5. The third kappa shape index (κ3) is 2.37. The van der Waals surface area contributed by atoms with Crippen molar-refractivity contribution in [1.29, 1.82) is 0 Å². The summed E-state index contributed by atoms with van der Waals surface area (Å²) in [7, 11) is 0. The quantitative estimate of drug-likeness (QED) is 0.932. The molecule has 2 aromatic rings. The Kier molecular flexibility index (Phi) is 3.44. The van der Waals surface area contributed by atoms with Gasteiger partial charge in [0, 0.05) is 25.2 Å². The van der Waals surface area contributed by atoms with E-state index in [1.807, 2.05) is 0 Å². The van der Waals surface area contributed by atoms with E-state index in [1.54, 1.807) is 0 Å². The minimum absolute atomic E-state index is 0.737. The van der Waals surface area contributed by atoms with Crippen molar-refractivity contribution in [3.05, 3.63) is 48.0 Å². The van der Waals surface area contributed by atoms with Gasteiger partial charge in [-0.15, -0.1) is 0 Å². The van der Waals surface area contributed by atoms with Gasteiger partial charge >= 0.3 is 0 Å². The van der Waals surface area contributed by atoms with Crippen LogP contribution in [0.3, 0.4) is 0 Å². The molecule has 2 unspecified atom stereocenters. The van der Waals surface area contributed by atoms with Crippen LogP contribution in [0.5, 0.6) is 0 Å². The molecule has 0 aliphatic carbocycles. The van der Waals surface area contributed by atoms with Crippen LogP contribution in [0.25, 0.3) is 10.8 Å². The van der Waals surface area contributed by atoms with Gasteiger partial charge in [0.25, 0.3) is 0 Å². The molecule has 21 heavy (non-hydrogen) atoms. The molecule has 2 aliphatic heterocycles. The van der Waals surface area contributed by atoms with E-state index in [9.17, 15) is 0 Å². The Morgan fingerprint density at radius 1 is 0.952 bits per heavy atom. The molecule has 2 aromatic carbocycles. The number of hydrogen-bond donors (Lipinski definition) is 1. The van der Waals surface area contributed by atoms with Crippen LogP contribution in [0, 0.1) is 0 Å². The Hall–Kier alpha value is -1.38. The number of nitrogens with zero attached hydrogens (tertiary/aromatic N) is 1. The number of rotatable bonds is 3. The van der Waals surface area contributed by atoms with Gasteiger partial charge in [-0.3, -0.25) is 4.90 Å². The number of benzene rings is 2. The van der Waals surface area contributed by atoms with E-state index in [2.05, 4.69) is 47.4 Å². The summed E-state index contributed by atoms with van der Waals surface area (Å²) in [4.78, 5) is 2.68. The summed E-state index contributed by atoms with van der Waals surface area (Å²) >= 11 is 0. The number of fused-ring (bicyclic) bond motifs is 3. The SMILES string of the molecule is NCCN1C2CCC1CC(c1ccc3ccccc3c1)C2. The van der Waals surface area contributed by atoms with Crippen molar-refractivity contribution in [2.45, 2.75) is 43.7 Å². The Morgan fingerprint density at radius 2 is 1.67 bits per heavy atom. The van der Waals surface area contributed by atoms with Crippen molar-refractivity contribution in [3.8, 4) is 0 Å². The van der Waals surface area contributed by atoms with E-state index in [4.69, 9.17) is 5.73 Å². The molecule has 2 aliphatic rings. The Morgan fingerprint density at radius 3 is 2.38 bits per heavy atom. The molecule has 110 valence electrons. The van der Waals surface area contributed by atoms with Gasteiger partial charge in [-0.1, -0.05) is 42.5 Å². The minimum Gasteiger partial charge on any atom is -0.329 e. The third-order valence-electron chi connectivity index (χ3n) is 5.52. The van der Waals surface area contributed by atoms with E-state index in [0.717, 1.165) is 31.1 Å². The lowest BCUT2D eigenvalue weighted by atomic mass is 9.84. The fourth-order valence-corrected chi connectivity index (χ4v) is 4.52. The van der Waals surface area contributed by atoms with Crippen LogP contribution in [-0.2, 0) is 0 Å². The first-order valence-electron chi connectivity index (χ1n) is 8.29. The van der Waals surface area contributed by atoms with E-state index in [1.165, 1.54) is 42.0 Å². The highest BCUT2D eigenvalue weighted by atomic mass is 15.2. The highest BCUT2D eigenvalue weighted by molar-refractivity contribution is 5.83. The predicted molar refractivity (Wildman–Crippen MR) is 88.5 cm³/mol. The second-order valence-corrected chi connectivity index (χ2v) is 6.69. The topological polar surface area (TPSA) is 29.3 Å². The maximum atomic E-state index is 5.78. The first-order chi connectivity index (χ1) is 10.3. The minimum atomic E-state index is 0.737. The van der Waals surface area contributed by atoms with Gasteiger partial charge in [-0.05, 0) is 47.9 Å². The lowest BCUT2D eigenvalue weighted by Crippen LogP contribution is -2.44. The summed E-state index contributed by atoms with van der Waals surface area (Å²) in [6, 6.07) is 17.3. The molecule has 2 N–H and O–H groups in total. The summed E-state index contributed by atoms with van der Waals surface area (Å²) in [6.45, 7) is 1.88. The summed E-state index contributed by atoms with van der Waals surface area (Å²) in [6.07, 6.45) is 5.37. The van der Waals surface area contributed by atoms with Gasteiger partial charge in [-0.25, -0.2) is 0 Å². The molecule has 2 heteroatoms. The van der Waals surface area contributed by atoms with Gasteiger partial charge < -0.3 is 5.73 Å². The molecule has 2 nitrogen and oxygen atoms in total. The van der Waals surface area contributed by atoms with Gasteiger partial charge in [0.2, 0.25) is 0 Å². The molecular weight excluding hydrogens is 256 g/mol. The molecule has 0 saturated carbocycles. The first kappa shape index (κ1) is 13.3. The Labute approximate surface area is 126 Å². The zero-order valence-corrected chi connectivity index (χ0v) is 12.5. The van der Waals surface area contributed by atoms with Crippen LogP contribution in [0.2, 0.25) is 0 Å². The molecule has 4 rings (SSSR count). The van der Waals surface area contributed by atoms with Crippen molar-refractivity contribution < 1.29 is 0 Å². The van der Waals surface area contributed by atoms with Gasteiger partial charge in [0.05, 0.1) is 0 Å². The summed E-state index contributed by atoms with van der Waals surface area (Å²) in [5.74, 6) is 0.737. The highest BCUT2D eigenvalue weighted by Crippen LogP contribution is 2.43. The predicted octanol–water partition coefficient (Wildman–Crippen LogP) is 3.51. The van der Waals surface area contributed by atoms with Crippen LogP contribution in [0.15, 0.2) is 42.5 Å². The summed E-state index contributed by atoms with van der Waals surface area (Å²) in [5, 5.41) is 2.73. The van der Waals surface area contributed by atoms with Crippen molar-refractivity contribution in [2.75, 3.05) is 13.1 Å². The molecule has 2 fully saturated rings. The number of nitrogens with two attached hydrogens (primary N) is 1. The molecule has 0 aromatic heterocycles. The van der Waals surface area contributed by atoms with Crippen LogP contribution >= 0.6 is 0 Å². The van der Waals surface area contributed by atoms with E-state index in [0.29, 0.717) is 0 Å². The molecule has 2 saturated heterocycles.